The predicted octanol–water partition coefficient (Wildman–Crippen LogP) is 5.92. The van der Waals surface area contributed by atoms with E-state index in [-0.39, 0.29) is 11.4 Å². The number of carbonyl (C=O) groups excluding carboxylic acids is 1. The van der Waals surface area contributed by atoms with E-state index in [0.29, 0.717) is 20.7 Å². The molecule has 9 heteroatoms. The van der Waals surface area contributed by atoms with Gasteiger partial charge >= 0.3 is 0 Å². The standard InChI is InChI=1S/C23H18Cl2N2O3S2/c1-15-7-12-19(25)22-21(15)26-23(31-22)27(13-16-5-3-2-4-6-16)20(28)14-32(29,30)18-10-8-17(24)9-11-18/h2-12H,13-14H2,1H3. The smallest absolute Gasteiger partial charge is 0.244 e. The fourth-order valence-corrected chi connectivity index (χ4v) is 5.86. The molecule has 3 aromatic carbocycles. The van der Waals surface area contributed by atoms with Crippen LogP contribution >= 0.6 is 34.5 Å². The number of nitrogens with zero attached hydrogens (tertiary/aromatic N) is 2. The van der Waals surface area contributed by atoms with Crippen LogP contribution in [0.5, 0.6) is 0 Å². The van der Waals surface area contributed by atoms with Crippen molar-refractivity contribution in [2.75, 3.05) is 10.7 Å². The number of carbonyl (C=O) groups is 1. The fraction of sp³-hybridized carbons (Fsp3) is 0.130. The normalized spacial score (nSPS) is 11.6. The number of sulfone groups is 1. The highest BCUT2D eigenvalue weighted by atomic mass is 35.5. The van der Waals surface area contributed by atoms with Gasteiger partial charge in [0, 0.05) is 5.02 Å². The van der Waals surface area contributed by atoms with Crippen LogP contribution in [0.3, 0.4) is 0 Å². The Bertz CT molecular complexity index is 1350. The number of aryl methyl sites for hydroxylation is 1. The first kappa shape index (κ1) is 22.7. The molecule has 0 bridgehead atoms. The number of halogens is 2. The summed E-state index contributed by atoms with van der Waals surface area (Å²) in [5.41, 5.74) is 2.48. The van der Waals surface area contributed by atoms with Crippen LogP contribution in [0.25, 0.3) is 10.2 Å². The first-order valence-corrected chi connectivity index (χ1v) is 12.9. The van der Waals surface area contributed by atoms with Gasteiger partial charge in [-0.05, 0) is 48.4 Å². The number of thiazole rings is 1. The maximum atomic E-state index is 13.3. The lowest BCUT2D eigenvalue weighted by molar-refractivity contribution is -0.116. The molecule has 32 heavy (non-hydrogen) atoms. The number of hydrogen-bond acceptors (Lipinski definition) is 5. The summed E-state index contributed by atoms with van der Waals surface area (Å²) < 4.78 is 26.5. The molecule has 0 aliphatic rings. The van der Waals surface area contributed by atoms with E-state index in [2.05, 4.69) is 4.98 Å². The minimum absolute atomic E-state index is 0.0399. The number of anilines is 1. The lowest BCUT2D eigenvalue weighted by Crippen LogP contribution is -2.35. The molecule has 0 unspecified atom stereocenters. The van der Waals surface area contributed by atoms with Crippen LogP contribution in [-0.2, 0) is 21.2 Å². The quantitative estimate of drug-likeness (QED) is 0.326. The molecule has 4 aromatic rings. The summed E-state index contributed by atoms with van der Waals surface area (Å²) in [6.07, 6.45) is 0. The summed E-state index contributed by atoms with van der Waals surface area (Å²) in [7, 11) is -3.87. The third kappa shape index (κ3) is 4.81. The van der Waals surface area contributed by atoms with E-state index in [1.54, 1.807) is 6.07 Å². The van der Waals surface area contributed by atoms with Gasteiger partial charge in [-0.15, -0.1) is 0 Å². The average Bonchev–Trinajstić information content (AvgIpc) is 3.22. The van der Waals surface area contributed by atoms with Gasteiger partial charge in [-0.2, -0.15) is 0 Å². The van der Waals surface area contributed by atoms with Gasteiger partial charge in [-0.25, -0.2) is 13.4 Å². The Hall–Kier alpha value is -2.45. The van der Waals surface area contributed by atoms with Crippen molar-refractivity contribution in [2.45, 2.75) is 18.4 Å². The van der Waals surface area contributed by atoms with Crippen molar-refractivity contribution in [3.05, 3.63) is 87.9 Å². The SMILES string of the molecule is Cc1ccc(Cl)c2sc(N(Cc3ccccc3)C(=O)CS(=O)(=O)c3ccc(Cl)cc3)nc12. The molecule has 1 amide bonds. The zero-order chi connectivity index (χ0) is 22.9. The van der Waals surface area contributed by atoms with Crippen molar-refractivity contribution in [2.24, 2.45) is 0 Å². The average molecular weight is 505 g/mol. The van der Waals surface area contributed by atoms with Crippen LogP contribution in [0.4, 0.5) is 5.13 Å². The van der Waals surface area contributed by atoms with E-state index < -0.39 is 21.5 Å². The molecule has 0 spiro atoms. The second kappa shape index (κ2) is 9.19. The van der Waals surface area contributed by atoms with Gasteiger partial charge in [0.1, 0.15) is 5.75 Å². The van der Waals surface area contributed by atoms with E-state index in [1.807, 2.05) is 43.3 Å². The van der Waals surface area contributed by atoms with Gasteiger partial charge in [-0.3, -0.25) is 9.69 Å². The van der Waals surface area contributed by atoms with Crippen LogP contribution in [0, 0.1) is 6.92 Å². The molecule has 0 radical (unpaired) electrons. The topological polar surface area (TPSA) is 67.3 Å². The predicted molar refractivity (Wildman–Crippen MR) is 131 cm³/mol. The van der Waals surface area contributed by atoms with E-state index in [1.165, 1.54) is 40.5 Å². The number of benzene rings is 3. The van der Waals surface area contributed by atoms with E-state index in [4.69, 9.17) is 23.2 Å². The minimum Gasteiger partial charge on any atom is -0.283 e. The molecule has 164 valence electrons. The molecule has 0 N–H and O–H groups in total. The Kier molecular flexibility index (Phi) is 6.53. The molecule has 5 nitrogen and oxygen atoms in total. The Morgan fingerprint density at radius 1 is 1.00 bits per heavy atom. The third-order valence-electron chi connectivity index (χ3n) is 4.89. The summed E-state index contributed by atoms with van der Waals surface area (Å²) in [5.74, 6) is -1.26. The maximum absolute atomic E-state index is 13.3. The highest BCUT2D eigenvalue weighted by Crippen LogP contribution is 2.36. The first-order chi connectivity index (χ1) is 15.2. The zero-order valence-electron chi connectivity index (χ0n) is 17.0. The minimum atomic E-state index is -3.87. The lowest BCUT2D eigenvalue weighted by Gasteiger charge is -2.20. The summed E-state index contributed by atoms with van der Waals surface area (Å²) >= 11 is 13.5. The second-order valence-corrected chi connectivity index (χ2v) is 11.0. The van der Waals surface area contributed by atoms with Crippen LogP contribution < -0.4 is 4.90 Å². The third-order valence-corrected chi connectivity index (χ3v) is 8.30. The molecule has 0 aliphatic carbocycles. The monoisotopic (exact) mass is 504 g/mol. The van der Waals surface area contributed by atoms with E-state index in [9.17, 15) is 13.2 Å². The van der Waals surface area contributed by atoms with Crippen LogP contribution in [-0.4, -0.2) is 25.1 Å². The summed E-state index contributed by atoms with van der Waals surface area (Å²) in [4.78, 5) is 19.4. The lowest BCUT2D eigenvalue weighted by atomic mass is 10.2. The van der Waals surface area contributed by atoms with Crippen molar-refractivity contribution < 1.29 is 13.2 Å². The number of rotatable bonds is 6. The van der Waals surface area contributed by atoms with Gasteiger partial charge in [0.25, 0.3) is 0 Å². The Balaban J connectivity index is 1.72. The number of fused-ring (bicyclic) bond motifs is 1. The molecule has 0 saturated heterocycles. The van der Waals surface area contributed by atoms with Crippen molar-refractivity contribution in [1.82, 2.24) is 4.98 Å². The molecule has 4 rings (SSSR count). The summed E-state index contributed by atoms with van der Waals surface area (Å²) in [5, 5.41) is 1.36. The molecule has 0 fully saturated rings. The van der Waals surface area contributed by atoms with E-state index >= 15 is 0 Å². The molecule has 0 saturated carbocycles. The van der Waals surface area contributed by atoms with Crippen LogP contribution in [0.2, 0.25) is 10.0 Å². The highest BCUT2D eigenvalue weighted by Gasteiger charge is 2.27. The largest absolute Gasteiger partial charge is 0.283 e. The molecular formula is C23H18Cl2N2O3S2. The second-order valence-electron chi connectivity index (χ2n) is 7.22. The van der Waals surface area contributed by atoms with Gasteiger partial charge < -0.3 is 0 Å². The Labute approximate surface area is 200 Å². The van der Waals surface area contributed by atoms with E-state index in [0.717, 1.165) is 15.8 Å². The van der Waals surface area contributed by atoms with Gasteiger partial charge in [0.05, 0.1) is 26.7 Å². The van der Waals surface area contributed by atoms with Crippen molar-refractivity contribution in [3.8, 4) is 0 Å². The molecule has 1 heterocycles. The number of amides is 1. The fourth-order valence-electron chi connectivity index (χ4n) is 3.20. The first-order valence-electron chi connectivity index (χ1n) is 9.63. The van der Waals surface area contributed by atoms with Crippen LogP contribution in [0.15, 0.2) is 71.6 Å². The molecule has 1 aromatic heterocycles. The summed E-state index contributed by atoms with van der Waals surface area (Å²) in [6.45, 7) is 2.10. The highest BCUT2D eigenvalue weighted by molar-refractivity contribution is 7.92. The number of hydrogen-bond donors (Lipinski definition) is 0. The Morgan fingerprint density at radius 2 is 1.69 bits per heavy atom. The van der Waals surface area contributed by atoms with Crippen LogP contribution in [0.1, 0.15) is 11.1 Å². The van der Waals surface area contributed by atoms with Gasteiger partial charge in [-0.1, -0.05) is 70.9 Å². The van der Waals surface area contributed by atoms with Gasteiger partial charge in [0.15, 0.2) is 15.0 Å². The Morgan fingerprint density at radius 3 is 2.34 bits per heavy atom. The maximum Gasteiger partial charge on any atom is 0.244 e. The van der Waals surface area contributed by atoms with Gasteiger partial charge in [0.2, 0.25) is 5.91 Å². The number of aromatic nitrogens is 1. The molecular weight excluding hydrogens is 487 g/mol. The van der Waals surface area contributed by atoms with Crippen molar-refractivity contribution in [1.29, 1.82) is 0 Å². The molecule has 0 atom stereocenters. The summed E-state index contributed by atoms with van der Waals surface area (Å²) in [6, 6.07) is 18.8. The van der Waals surface area contributed by atoms with Crippen molar-refractivity contribution in [3.63, 3.8) is 0 Å². The molecule has 0 aliphatic heterocycles. The zero-order valence-corrected chi connectivity index (χ0v) is 20.1. The van der Waals surface area contributed by atoms with Crippen molar-refractivity contribution >= 4 is 65.6 Å².